The van der Waals surface area contributed by atoms with E-state index in [0.29, 0.717) is 0 Å². The first-order valence-electron chi connectivity index (χ1n) is 4.79. The van der Waals surface area contributed by atoms with E-state index >= 15 is 0 Å². The van der Waals surface area contributed by atoms with Crippen molar-refractivity contribution in [2.24, 2.45) is 0 Å². The second kappa shape index (κ2) is 5.14. The van der Waals surface area contributed by atoms with E-state index in [9.17, 15) is 8.42 Å². The summed E-state index contributed by atoms with van der Waals surface area (Å²) in [6.07, 6.45) is 0. The van der Waals surface area contributed by atoms with E-state index < -0.39 is 10.0 Å². The van der Waals surface area contributed by atoms with Crippen LogP contribution in [0, 0.1) is 6.07 Å². The van der Waals surface area contributed by atoms with Crippen LogP contribution in [0.1, 0.15) is 0 Å². The van der Waals surface area contributed by atoms with Crippen LogP contribution in [0.5, 0.6) is 0 Å². The number of hydrogen-bond donors (Lipinski definition) is 1. The fraction of sp³-hybridized carbons (Fsp3) is 0. The van der Waals surface area contributed by atoms with Gasteiger partial charge in [-0.15, -0.1) is 0 Å². The summed E-state index contributed by atoms with van der Waals surface area (Å²) in [6.45, 7) is 0. The Morgan fingerprint density at radius 1 is 1.11 bits per heavy atom. The van der Waals surface area contributed by atoms with Crippen LogP contribution < -0.4 is 4.72 Å². The van der Waals surface area contributed by atoms with Crippen LogP contribution in [0.4, 0.5) is 5.69 Å². The number of nitrogens with one attached hydrogen (secondary N) is 1. The molecule has 0 aliphatic rings. The predicted octanol–water partition coefficient (Wildman–Crippen LogP) is 2.99. The van der Waals surface area contributed by atoms with Gasteiger partial charge in [-0.1, -0.05) is 35.3 Å². The van der Waals surface area contributed by atoms with Gasteiger partial charge in [0.25, 0.3) is 10.0 Å². The Labute approximate surface area is 115 Å². The molecular weight excluding hydrogens is 295 g/mol. The first kappa shape index (κ1) is 13.1. The summed E-state index contributed by atoms with van der Waals surface area (Å²) in [5.74, 6) is 0. The number of rotatable bonds is 3. The van der Waals surface area contributed by atoms with Crippen LogP contribution in [0.2, 0.25) is 10.3 Å². The van der Waals surface area contributed by atoms with Crippen LogP contribution in [0.3, 0.4) is 0 Å². The molecule has 0 saturated heterocycles. The maximum absolute atomic E-state index is 12.0. The van der Waals surface area contributed by atoms with Gasteiger partial charge in [-0.3, -0.25) is 4.72 Å². The van der Waals surface area contributed by atoms with E-state index in [1.165, 1.54) is 36.4 Å². The number of hydrogen-bond acceptors (Lipinski definition) is 3. The number of sulfonamides is 1. The summed E-state index contributed by atoms with van der Waals surface area (Å²) in [5, 5.41) is 0.225. The summed E-state index contributed by atoms with van der Waals surface area (Å²) in [7, 11) is -3.66. The van der Waals surface area contributed by atoms with Crippen molar-refractivity contribution in [1.29, 1.82) is 0 Å². The minimum absolute atomic E-state index is 0.113. The molecule has 0 unspecified atom stereocenters. The van der Waals surface area contributed by atoms with Gasteiger partial charge in [-0.25, -0.2) is 13.4 Å². The lowest BCUT2D eigenvalue weighted by atomic mass is 10.4. The Hall–Kier alpha value is -1.30. The fourth-order valence-electron chi connectivity index (χ4n) is 1.29. The van der Waals surface area contributed by atoms with Crippen molar-refractivity contribution in [3.05, 3.63) is 52.8 Å². The molecule has 2 aromatic rings. The molecule has 0 atom stereocenters. The molecule has 0 bridgehead atoms. The second-order valence-corrected chi connectivity index (χ2v) is 5.80. The minimum atomic E-state index is -3.66. The average molecular weight is 302 g/mol. The van der Waals surface area contributed by atoms with Crippen LogP contribution >= 0.6 is 23.2 Å². The molecule has 0 aliphatic heterocycles. The van der Waals surface area contributed by atoms with Gasteiger partial charge in [-0.2, -0.15) is 0 Å². The third kappa shape index (κ3) is 3.13. The first-order chi connectivity index (χ1) is 8.47. The topological polar surface area (TPSA) is 59.1 Å². The molecule has 7 heteroatoms. The molecule has 0 saturated carbocycles. The molecule has 0 amide bonds. The minimum Gasteiger partial charge on any atom is -0.279 e. The molecule has 18 heavy (non-hydrogen) atoms. The first-order valence-corrected chi connectivity index (χ1v) is 7.03. The fourth-order valence-corrected chi connectivity index (χ4v) is 2.79. The zero-order chi connectivity index (χ0) is 13.2. The average Bonchev–Trinajstić information content (AvgIpc) is 2.28. The number of halogens is 2. The molecule has 4 nitrogen and oxygen atoms in total. The van der Waals surface area contributed by atoms with E-state index in [-0.39, 0.29) is 20.9 Å². The van der Waals surface area contributed by atoms with Crippen molar-refractivity contribution in [3.8, 4) is 0 Å². The normalized spacial score (nSPS) is 11.2. The molecule has 1 N–H and O–H groups in total. The molecule has 0 fully saturated rings. The molecule has 0 aliphatic carbocycles. The third-order valence-corrected chi connectivity index (χ3v) is 3.80. The lowest BCUT2D eigenvalue weighted by Crippen LogP contribution is -2.12. The number of nitrogens with zero attached hydrogens (tertiary/aromatic N) is 1. The van der Waals surface area contributed by atoms with Gasteiger partial charge in [0.1, 0.15) is 10.3 Å². The zero-order valence-corrected chi connectivity index (χ0v) is 11.2. The van der Waals surface area contributed by atoms with Gasteiger partial charge in [0.15, 0.2) is 0 Å². The number of anilines is 1. The highest BCUT2D eigenvalue weighted by Crippen LogP contribution is 2.21. The lowest BCUT2D eigenvalue weighted by molar-refractivity contribution is 0.601. The Bertz CT molecular complexity index is 640. The highest BCUT2D eigenvalue weighted by Gasteiger charge is 2.14. The highest BCUT2D eigenvalue weighted by molar-refractivity contribution is 7.92. The number of benzene rings is 1. The molecule has 93 valence electrons. The third-order valence-electron chi connectivity index (χ3n) is 2.01. The molecule has 1 aromatic heterocycles. The Balaban J connectivity index is 2.34. The summed E-state index contributed by atoms with van der Waals surface area (Å²) in [4.78, 5) is 3.86. The zero-order valence-electron chi connectivity index (χ0n) is 8.89. The van der Waals surface area contributed by atoms with E-state index in [0.717, 1.165) is 0 Å². The summed E-state index contributed by atoms with van der Waals surface area (Å²) < 4.78 is 26.4. The van der Waals surface area contributed by atoms with Crippen molar-refractivity contribution in [2.75, 3.05) is 4.72 Å². The predicted molar refractivity (Wildman–Crippen MR) is 70.3 cm³/mol. The quantitative estimate of drug-likeness (QED) is 0.887. The standard InChI is InChI=1S/C11H7Cl2N2O2S/c12-10-6-8(7-11(13)14-10)15-18(16,17)9-4-2-1-3-5-9/h2-7H,(H,14,15). The summed E-state index contributed by atoms with van der Waals surface area (Å²) in [6, 6.07) is 11.4. The molecule has 1 radical (unpaired) electrons. The second-order valence-electron chi connectivity index (χ2n) is 3.34. The van der Waals surface area contributed by atoms with Gasteiger partial charge in [-0.05, 0) is 30.3 Å². The van der Waals surface area contributed by atoms with Gasteiger partial charge in [0, 0.05) is 0 Å². The smallest absolute Gasteiger partial charge is 0.261 e. The maximum Gasteiger partial charge on any atom is 0.261 e. The van der Waals surface area contributed by atoms with Gasteiger partial charge >= 0.3 is 0 Å². The van der Waals surface area contributed by atoms with Gasteiger partial charge < -0.3 is 0 Å². The van der Waals surface area contributed by atoms with E-state index in [4.69, 9.17) is 23.2 Å². The van der Waals surface area contributed by atoms with E-state index in [2.05, 4.69) is 15.8 Å². The van der Waals surface area contributed by atoms with Crippen molar-refractivity contribution >= 4 is 38.9 Å². The SMILES string of the molecule is O=S(=O)(Nc1cc(Cl)nc(Cl)c1)c1cc[c]cc1. The molecule has 1 heterocycles. The van der Waals surface area contributed by atoms with E-state index in [1.807, 2.05) is 0 Å². The van der Waals surface area contributed by atoms with Gasteiger partial charge in [0.05, 0.1) is 10.6 Å². The van der Waals surface area contributed by atoms with Crippen LogP contribution in [0.15, 0.2) is 41.3 Å². The molecular formula is C11H7Cl2N2O2S. The molecule has 0 spiro atoms. The largest absolute Gasteiger partial charge is 0.279 e. The monoisotopic (exact) mass is 301 g/mol. The van der Waals surface area contributed by atoms with Crippen molar-refractivity contribution in [1.82, 2.24) is 4.98 Å². The molecule has 1 aromatic carbocycles. The van der Waals surface area contributed by atoms with Crippen molar-refractivity contribution in [3.63, 3.8) is 0 Å². The van der Waals surface area contributed by atoms with E-state index in [1.54, 1.807) is 0 Å². The van der Waals surface area contributed by atoms with Gasteiger partial charge in [0.2, 0.25) is 0 Å². The Morgan fingerprint density at radius 3 is 2.22 bits per heavy atom. The maximum atomic E-state index is 12.0. The van der Waals surface area contributed by atoms with Crippen LogP contribution in [-0.4, -0.2) is 13.4 Å². The highest BCUT2D eigenvalue weighted by atomic mass is 35.5. The number of aromatic nitrogens is 1. The van der Waals surface area contributed by atoms with Crippen molar-refractivity contribution < 1.29 is 8.42 Å². The lowest BCUT2D eigenvalue weighted by Gasteiger charge is -2.08. The Morgan fingerprint density at radius 2 is 1.67 bits per heavy atom. The molecule has 2 rings (SSSR count). The van der Waals surface area contributed by atoms with Crippen LogP contribution in [0.25, 0.3) is 0 Å². The Kier molecular flexibility index (Phi) is 3.75. The summed E-state index contributed by atoms with van der Waals surface area (Å²) >= 11 is 11.4. The number of pyridine rings is 1. The van der Waals surface area contributed by atoms with Crippen LogP contribution in [-0.2, 0) is 10.0 Å². The summed E-state index contributed by atoms with van der Waals surface area (Å²) in [5.41, 5.74) is 0.257. The van der Waals surface area contributed by atoms with Crippen molar-refractivity contribution in [2.45, 2.75) is 4.90 Å².